The molecule has 0 unspecified atom stereocenters. The Hall–Kier alpha value is -4.05. The number of hydrogen-bond acceptors (Lipinski definition) is 6. The number of benzene rings is 1. The van der Waals surface area contributed by atoms with Crippen molar-refractivity contribution in [1.82, 2.24) is 4.40 Å². The van der Waals surface area contributed by atoms with Crippen molar-refractivity contribution in [3.05, 3.63) is 75.7 Å². The molecule has 3 aromatic rings. The van der Waals surface area contributed by atoms with E-state index < -0.39 is 11.3 Å². The Bertz CT molecular complexity index is 1510. The van der Waals surface area contributed by atoms with Gasteiger partial charge in [-0.05, 0) is 42.2 Å². The molecule has 3 aliphatic heterocycles. The third-order valence-electron chi connectivity index (χ3n) is 7.10. The summed E-state index contributed by atoms with van der Waals surface area (Å²) in [7, 11) is 0. The topological polar surface area (TPSA) is 101 Å². The van der Waals surface area contributed by atoms with Crippen molar-refractivity contribution in [1.29, 1.82) is 0 Å². The molecule has 2 N–H and O–H groups in total. The van der Waals surface area contributed by atoms with Crippen LogP contribution in [0.25, 0.3) is 5.65 Å². The molecular formula is C27H27FN5O4+. The highest BCUT2D eigenvalue weighted by Gasteiger charge is 2.32. The number of morpholine rings is 1. The fourth-order valence-corrected chi connectivity index (χ4v) is 5.16. The summed E-state index contributed by atoms with van der Waals surface area (Å²) in [4.78, 5) is 37.7. The minimum absolute atomic E-state index is 0.00189. The van der Waals surface area contributed by atoms with Gasteiger partial charge in [-0.3, -0.25) is 9.79 Å². The molecule has 2 aromatic heterocycles. The molecule has 0 aliphatic carbocycles. The molecule has 6 rings (SSSR count). The zero-order chi connectivity index (χ0) is 25.5. The van der Waals surface area contributed by atoms with Gasteiger partial charge in [0.05, 0.1) is 24.6 Å². The Morgan fingerprint density at radius 2 is 1.89 bits per heavy atom. The van der Waals surface area contributed by atoms with Gasteiger partial charge in [0.25, 0.3) is 5.75 Å². The van der Waals surface area contributed by atoms with Crippen molar-refractivity contribution in [2.45, 2.75) is 25.7 Å². The number of carbonyl (C=O) groups is 1. The molecule has 2 saturated heterocycles. The first-order valence-electron chi connectivity index (χ1n) is 12.4. The van der Waals surface area contributed by atoms with E-state index in [1.165, 1.54) is 16.5 Å². The summed E-state index contributed by atoms with van der Waals surface area (Å²) < 4.78 is 20.1. The molecule has 2 fully saturated rings. The molecule has 10 heteroatoms. The first kappa shape index (κ1) is 23.4. The zero-order valence-electron chi connectivity index (χ0n) is 20.2. The second-order valence-corrected chi connectivity index (χ2v) is 9.55. The number of amides is 1. The van der Waals surface area contributed by atoms with Crippen molar-refractivity contribution >= 4 is 28.6 Å². The maximum Gasteiger partial charge on any atom is 0.385 e. The Morgan fingerprint density at radius 3 is 2.62 bits per heavy atom. The van der Waals surface area contributed by atoms with Crippen molar-refractivity contribution < 1.29 is 24.0 Å². The van der Waals surface area contributed by atoms with Crippen molar-refractivity contribution in [3.63, 3.8) is 0 Å². The second-order valence-electron chi connectivity index (χ2n) is 9.55. The van der Waals surface area contributed by atoms with E-state index in [1.807, 2.05) is 6.07 Å². The van der Waals surface area contributed by atoms with Gasteiger partial charge in [-0.2, -0.15) is 4.40 Å². The summed E-state index contributed by atoms with van der Waals surface area (Å²) in [5, 5.41) is 10.9. The smallest absolute Gasteiger partial charge is 0.385 e. The number of nitrogens with one attached hydrogen (secondary N) is 1. The van der Waals surface area contributed by atoms with Crippen LogP contribution in [-0.2, 0) is 16.0 Å². The highest BCUT2D eigenvalue weighted by Crippen LogP contribution is 2.30. The molecular weight excluding hydrogens is 477 g/mol. The predicted molar refractivity (Wildman–Crippen MR) is 136 cm³/mol. The van der Waals surface area contributed by atoms with Gasteiger partial charge in [0.2, 0.25) is 5.91 Å². The molecule has 0 radical (unpaired) electrons. The molecule has 37 heavy (non-hydrogen) atoms. The molecule has 0 saturated carbocycles. The standard InChI is InChI=1S/C27H26FN5O4/c28-19-5-3-17(4-6-19)12-18-13-21(29-15-18)24-25(35)27(36)33-16-20(31-8-10-37-11-9-31)14-22(26(33)30-24)32-7-1-2-23(32)34/h3-6,14-16,35H,1-2,7-13H2/p+1. The number of hydrogen-bond donors (Lipinski definition) is 1. The van der Waals surface area contributed by atoms with Crippen molar-refractivity contribution in [2.24, 2.45) is 4.99 Å². The molecule has 1 amide bonds. The summed E-state index contributed by atoms with van der Waals surface area (Å²) in [6, 6.07) is 8.22. The highest BCUT2D eigenvalue weighted by atomic mass is 19.1. The summed E-state index contributed by atoms with van der Waals surface area (Å²) in [6.07, 6.45) is 5.62. The van der Waals surface area contributed by atoms with Crippen LogP contribution in [0, 0.1) is 5.82 Å². The lowest BCUT2D eigenvalue weighted by Crippen LogP contribution is -2.38. The summed E-state index contributed by atoms with van der Waals surface area (Å²) in [5.41, 5.74) is 3.93. The Morgan fingerprint density at radius 1 is 1.11 bits per heavy atom. The number of rotatable bonds is 5. The minimum atomic E-state index is -0.582. The van der Waals surface area contributed by atoms with Crippen LogP contribution in [0.2, 0.25) is 0 Å². The molecule has 9 nitrogen and oxygen atoms in total. The van der Waals surface area contributed by atoms with Gasteiger partial charge in [-0.15, -0.1) is 0 Å². The van der Waals surface area contributed by atoms with E-state index in [-0.39, 0.29) is 17.4 Å². The van der Waals surface area contributed by atoms with E-state index in [1.54, 1.807) is 29.4 Å². The first-order valence-corrected chi connectivity index (χ1v) is 12.4. The van der Waals surface area contributed by atoms with Crippen LogP contribution < -0.4 is 20.3 Å². The maximum absolute atomic E-state index is 13.4. The number of nitrogens with zero attached hydrogens (tertiary/aromatic N) is 4. The predicted octanol–water partition coefficient (Wildman–Crippen LogP) is 2.24. The zero-order valence-corrected chi connectivity index (χ0v) is 20.2. The number of carbonyl (C=O) groups excluding carboxylic acids is 1. The lowest BCUT2D eigenvalue weighted by atomic mass is 10.0. The van der Waals surface area contributed by atoms with E-state index >= 15 is 0 Å². The first-order chi connectivity index (χ1) is 18.0. The number of pyridine rings is 1. The van der Waals surface area contributed by atoms with Crippen LogP contribution >= 0.6 is 0 Å². The molecule has 0 spiro atoms. The summed E-state index contributed by atoms with van der Waals surface area (Å²) in [5.74, 6) is -0.718. The normalized spacial score (nSPS) is 18.0. The quantitative estimate of drug-likeness (QED) is 0.575. The van der Waals surface area contributed by atoms with E-state index in [2.05, 4.69) is 14.9 Å². The molecule has 5 heterocycles. The van der Waals surface area contributed by atoms with Gasteiger partial charge < -0.3 is 19.6 Å². The second kappa shape index (κ2) is 9.44. The fourth-order valence-electron chi connectivity index (χ4n) is 5.16. The summed E-state index contributed by atoms with van der Waals surface area (Å²) in [6.45, 7) is 3.05. The third kappa shape index (κ3) is 4.37. The average molecular weight is 505 g/mol. The van der Waals surface area contributed by atoms with Gasteiger partial charge >= 0.3 is 11.2 Å². The number of fused-ring (bicyclic) bond motifs is 1. The molecule has 1 aromatic carbocycles. The molecule has 0 atom stereocenters. The molecule has 0 bridgehead atoms. The van der Waals surface area contributed by atoms with Gasteiger partial charge in [0.1, 0.15) is 17.7 Å². The van der Waals surface area contributed by atoms with Crippen LogP contribution in [0.4, 0.5) is 15.8 Å². The largest absolute Gasteiger partial charge is 0.498 e. The van der Waals surface area contributed by atoms with Crippen LogP contribution in [-0.4, -0.2) is 54.0 Å². The number of anilines is 2. The maximum atomic E-state index is 13.4. The van der Waals surface area contributed by atoms with Crippen LogP contribution in [0.3, 0.4) is 0 Å². The lowest BCUT2D eigenvalue weighted by Gasteiger charge is -2.29. The van der Waals surface area contributed by atoms with E-state index in [4.69, 9.17) is 4.74 Å². The lowest BCUT2D eigenvalue weighted by molar-refractivity contribution is -0.353. The fraction of sp³-hybridized carbons (Fsp3) is 0.333. The number of aliphatic imine (C=N–C) groups is 1. The Balaban J connectivity index is 1.39. The van der Waals surface area contributed by atoms with Gasteiger partial charge in [0.15, 0.2) is 5.69 Å². The van der Waals surface area contributed by atoms with E-state index in [0.717, 1.165) is 23.2 Å². The SMILES string of the molecule is O=C1CCCN1c1cc(N2CCOCC2)cn2c(=O)c(O)c(C3=NC=C(Cc4ccc(F)cc4)C3)[nH+]c12. The average Bonchev–Trinajstić information content (AvgIpc) is 3.56. The third-order valence-corrected chi connectivity index (χ3v) is 7.10. The number of halogens is 1. The Kier molecular flexibility index (Phi) is 5.96. The number of aromatic amines is 1. The summed E-state index contributed by atoms with van der Waals surface area (Å²) >= 11 is 0. The van der Waals surface area contributed by atoms with Crippen molar-refractivity contribution in [3.8, 4) is 5.75 Å². The number of allylic oxidation sites excluding steroid dienone is 1. The van der Waals surface area contributed by atoms with Crippen LogP contribution in [0.1, 0.15) is 30.5 Å². The minimum Gasteiger partial charge on any atom is -0.498 e. The highest BCUT2D eigenvalue weighted by molar-refractivity contribution is 6.03. The van der Waals surface area contributed by atoms with Crippen LogP contribution in [0.15, 0.2) is 58.1 Å². The van der Waals surface area contributed by atoms with Crippen LogP contribution in [0.5, 0.6) is 5.75 Å². The number of H-pyrrole nitrogens is 1. The number of aromatic nitrogens is 2. The van der Waals surface area contributed by atoms with E-state index in [9.17, 15) is 19.1 Å². The van der Waals surface area contributed by atoms with Gasteiger partial charge in [-0.1, -0.05) is 12.1 Å². The van der Waals surface area contributed by atoms with Gasteiger partial charge in [0, 0.05) is 38.7 Å². The number of aromatic hydroxyl groups is 1. The monoisotopic (exact) mass is 504 g/mol. The van der Waals surface area contributed by atoms with Crippen molar-refractivity contribution in [2.75, 3.05) is 42.6 Å². The molecule has 3 aliphatic rings. The Labute approximate surface area is 212 Å². The molecule has 190 valence electrons. The van der Waals surface area contributed by atoms with Gasteiger partial charge in [-0.25, -0.2) is 14.2 Å². The number of ether oxygens (including phenoxy) is 1. The van der Waals surface area contributed by atoms with E-state index in [0.29, 0.717) is 69.2 Å².